The predicted octanol–water partition coefficient (Wildman–Crippen LogP) is 3.46. The summed E-state index contributed by atoms with van der Waals surface area (Å²) in [7, 11) is 0. The van der Waals surface area contributed by atoms with Crippen LogP contribution in [0.2, 0.25) is 5.28 Å². The van der Waals surface area contributed by atoms with Crippen LogP contribution in [0.5, 0.6) is 0 Å². The lowest BCUT2D eigenvalue weighted by atomic mass is 10.3. The first kappa shape index (κ1) is 14.7. The number of nitrogens with one attached hydrogen (secondary N) is 1. The van der Waals surface area contributed by atoms with Crippen LogP contribution in [0.4, 0.5) is 30.8 Å². The van der Waals surface area contributed by atoms with Crippen LogP contribution in [0.25, 0.3) is 0 Å². The number of benzene rings is 1. The molecule has 1 aromatic carbocycles. The molecule has 1 aromatic heterocycles. The van der Waals surface area contributed by atoms with Crippen LogP contribution in [0.3, 0.4) is 0 Å². The molecule has 10 heteroatoms. The van der Waals surface area contributed by atoms with Gasteiger partial charge in [0.25, 0.3) is 0 Å². The molecule has 0 aliphatic rings. The van der Waals surface area contributed by atoms with Crippen molar-refractivity contribution in [2.75, 3.05) is 11.1 Å². The standard InChI is InChI=1S/C10H7ClF3N5S/c11-7-17-8(15)19-9(18-7)16-5-3-1-2-4-6(5)20-10(12,13)14/h1-4H,(H3,15,16,17,18,19). The molecule has 5 nitrogen and oxygen atoms in total. The van der Waals surface area contributed by atoms with Crippen molar-refractivity contribution in [3.05, 3.63) is 29.5 Å². The summed E-state index contributed by atoms with van der Waals surface area (Å²) in [5.41, 5.74) is 1.18. The van der Waals surface area contributed by atoms with E-state index in [1.807, 2.05) is 0 Å². The van der Waals surface area contributed by atoms with Crippen molar-refractivity contribution in [2.24, 2.45) is 0 Å². The topological polar surface area (TPSA) is 76.7 Å². The zero-order chi connectivity index (χ0) is 14.8. The maximum Gasteiger partial charge on any atom is 0.446 e. The Morgan fingerprint density at radius 3 is 2.50 bits per heavy atom. The third-order valence-corrected chi connectivity index (χ3v) is 2.96. The third kappa shape index (κ3) is 4.14. The minimum atomic E-state index is -4.40. The summed E-state index contributed by atoms with van der Waals surface area (Å²) in [6.45, 7) is 0. The van der Waals surface area contributed by atoms with Crippen molar-refractivity contribution < 1.29 is 13.2 Å². The Morgan fingerprint density at radius 2 is 1.85 bits per heavy atom. The lowest BCUT2D eigenvalue weighted by molar-refractivity contribution is -0.0327. The second kappa shape index (κ2) is 5.71. The molecule has 2 rings (SSSR count). The molecule has 0 fully saturated rings. The van der Waals surface area contributed by atoms with Crippen LogP contribution in [0.15, 0.2) is 29.2 Å². The van der Waals surface area contributed by atoms with Gasteiger partial charge in [-0.3, -0.25) is 0 Å². The summed E-state index contributed by atoms with van der Waals surface area (Å²) >= 11 is 5.35. The quantitative estimate of drug-likeness (QED) is 0.843. The second-order valence-electron chi connectivity index (χ2n) is 3.46. The van der Waals surface area contributed by atoms with Gasteiger partial charge < -0.3 is 11.1 Å². The van der Waals surface area contributed by atoms with Gasteiger partial charge >= 0.3 is 5.51 Å². The number of nitrogen functional groups attached to an aromatic ring is 1. The number of para-hydroxylation sites is 1. The smallest absolute Gasteiger partial charge is 0.368 e. The van der Waals surface area contributed by atoms with Gasteiger partial charge in [-0.15, -0.1) is 0 Å². The van der Waals surface area contributed by atoms with Gasteiger partial charge in [0.05, 0.1) is 5.69 Å². The molecule has 2 aromatic rings. The first-order valence-electron chi connectivity index (χ1n) is 5.12. The average molecular weight is 322 g/mol. The lowest BCUT2D eigenvalue weighted by Gasteiger charge is -2.12. The van der Waals surface area contributed by atoms with Crippen molar-refractivity contribution in [1.82, 2.24) is 15.0 Å². The highest BCUT2D eigenvalue weighted by molar-refractivity contribution is 8.00. The Labute approximate surface area is 120 Å². The summed E-state index contributed by atoms with van der Waals surface area (Å²) in [5, 5.41) is 2.48. The molecule has 106 valence electrons. The van der Waals surface area contributed by atoms with Crippen LogP contribution in [0, 0.1) is 0 Å². The summed E-state index contributed by atoms with van der Waals surface area (Å²) in [6.07, 6.45) is 0. The number of hydrogen-bond donors (Lipinski definition) is 2. The van der Waals surface area contributed by atoms with Crippen molar-refractivity contribution in [3.8, 4) is 0 Å². The van der Waals surface area contributed by atoms with E-state index in [9.17, 15) is 13.2 Å². The van der Waals surface area contributed by atoms with Gasteiger partial charge in [0.2, 0.25) is 17.2 Å². The predicted molar refractivity (Wildman–Crippen MR) is 70.9 cm³/mol. The Balaban J connectivity index is 2.29. The maximum atomic E-state index is 12.4. The average Bonchev–Trinajstić information content (AvgIpc) is 2.28. The molecule has 3 N–H and O–H groups in total. The van der Waals surface area contributed by atoms with E-state index in [1.165, 1.54) is 18.2 Å². The van der Waals surface area contributed by atoms with Crippen LogP contribution in [0.1, 0.15) is 0 Å². The van der Waals surface area contributed by atoms with Crippen molar-refractivity contribution in [2.45, 2.75) is 10.4 Å². The molecule has 0 unspecified atom stereocenters. The maximum absolute atomic E-state index is 12.4. The first-order chi connectivity index (χ1) is 9.33. The number of thioether (sulfide) groups is 1. The molecular formula is C10H7ClF3N5S. The number of nitrogens with zero attached hydrogens (tertiary/aromatic N) is 3. The van der Waals surface area contributed by atoms with Gasteiger partial charge in [0.1, 0.15) is 0 Å². The molecule has 0 bridgehead atoms. The number of aromatic nitrogens is 3. The summed E-state index contributed by atoms with van der Waals surface area (Å²) in [5.74, 6) is -0.161. The highest BCUT2D eigenvalue weighted by atomic mass is 35.5. The molecule has 0 aliphatic heterocycles. The zero-order valence-electron chi connectivity index (χ0n) is 9.65. The fourth-order valence-corrected chi connectivity index (χ4v) is 2.12. The van der Waals surface area contributed by atoms with Gasteiger partial charge in [-0.25, -0.2) is 0 Å². The van der Waals surface area contributed by atoms with Crippen molar-refractivity contribution in [3.63, 3.8) is 0 Å². The summed E-state index contributed by atoms with van der Waals surface area (Å²) < 4.78 is 37.3. The van der Waals surface area contributed by atoms with E-state index in [-0.39, 0.29) is 39.5 Å². The molecule has 0 radical (unpaired) electrons. The van der Waals surface area contributed by atoms with E-state index in [1.54, 1.807) is 6.07 Å². The van der Waals surface area contributed by atoms with Crippen LogP contribution < -0.4 is 11.1 Å². The SMILES string of the molecule is Nc1nc(Cl)nc(Nc2ccccc2SC(F)(F)F)n1. The van der Waals surface area contributed by atoms with E-state index in [2.05, 4.69) is 20.3 Å². The second-order valence-corrected chi connectivity index (χ2v) is 4.90. The number of alkyl halides is 3. The fourth-order valence-electron chi connectivity index (χ4n) is 1.33. The minimum Gasteiger partial charge on any atom is -0.368 e. The molecule has 20 heavy (non-hydrogen) atoms. The highest BCUT2D eigenvalue weighted by Gasteiger charge is 2.30. The van der Waals surface area contributed by atoms with E-state index >= 15 is 0 Å². The fraction of sp³-hybridized carbons (Fsp3) is 0.100. The Hall–Kier alpha value is -1.74. The minimum absolute atomic E-state index is 0.0184. The van der Waals surface area contributed by atoms with Crippen molar-refractivity contribution >= 4 is 40.9 Å². The van der Waals surface area contributed by atoms with E-state index < -0.39 is 5.51 Å². The van der Waals surface area contributed by atoms with Gasteiger partial charge in [0.15, 0.2) is 0 Å². The largest absolute Gasteiger partial charge is 0.446 e. The Kier molecular flexibility index (Phi) is 4.19. The number of anilines is 3. The van der Waals surface area contributed by atoms with Crippen LogP contribution in [-0.2, 0) is 0 Å². The third-order valence-electron chi connectivity index (χ3n) is 1.98. The van der Waals surface area contributed by atoms with Crippen LogP contribution >= 0.6 is 23.4 Å². The van der Waals surface area contributed by atoms with Gasteiger partial charge in [-0.2, -0.15) is 28.1 Å². The Morgan fingerprint density at radius 1 is 1.15 bits per heavy atom. The molecule has 0 saturated carbocycles. The molecule has 0 amide bonds. The van der Waals surface area contributed by atoms with E-state index in [0.29, 0.717) is 0 Å². The highest BCUT2D eigenvalue weighted by Crippen LogP contribution is 2.40. The molecular weight excluding hydrogens is 315 g/mol. The first-order valence-corrected chi connectivity index (χ1v) is 6.32. The van der Waals surface area contributed by atoms with Crippen molar-refractivity contribution in [1.29, 1.82) is 0 Å². The zero-order valence-corrected chi connectivity index (χ0v) is 11.2. The summed E-state index contributed by atoms with van der Waals surface area (Å²) in [6, 6.07) is 5.86. The number of rotatable bonds is 3. The number of hydrogen-bond acceptors (Lipinski definition) is 6. The van der Waals surface area contributed by atoms with Crippen LogP contribution in [-0.4, -0.2) is 20.5 Å². The molecule has 0 saturated heterocycles. The molecule has 1 heterocycles. The monoisotopic (exact) mass is 321 g/mol. The summed E-state index contributed by atoms with van der Waals surface area (Å²) in [4.78, 5) is 11.0. The van der Waals surface area contributed by atoms with Gasteiger partial charge in [-0.1, -0.05) is 12.1 Å². The van der Waals surface area contributed by atoms with Gasteiger partial charge in [-0.05, 0) is 35.5 Å². The molecule has 0 spiro atoms. The number of halogens is 4. The lowest BCUT2D eigenvalue weighted by Crippen LogP contribution is -2.05. The number of nitrogens with two attached hydrogens (primary N) is 1. The normalized spacial score (nSPS) is 11.4. The molecule has 0 aliphatic carbocycles. The molecule has 0 atom stereocenters. The van der Waals surface area contributed by atoms with E-state index in [4.69, 9.17) is 17.3 Å². The van der Waals surface area contributed by atoms with Gasteiger partial charge in [0, 0.05) is 4.90 Å². The Bertz CT molecular complexity index is 602. The van der Waals surface area contributed by atoms with E-state index in [0.717, 1.165) is 0 Å².